The Labute approximate surface area is 187 Å². The van der Waals surface area contributed by atoms with Crippen molar-refractivity contribution in [2.24, 2.45) is 0 Å². The maximum Gasteiger partial charge on any atom is 0.229 e. The average Bonchev–Trinajstić information content (AvgIpc) is 3.18. The summed E-state index contributed by atoms with van der Waals surface area (Å²) in [5, 5.41) is 7.30. The third-order valence-corrected chi connectivity index (χ3v) is 5.38. The summed E-state index contributed by atoms with van der Waals surface area (Å²) in [5.41, 5.74) is 4.53. The highest BCUT2D eigenvalue weighted by atomic mass is 16.1. The van der Waals surface area contributed by atoms with Crippen molar-refractivity contribution in [3.05, 3.63) is 72.1 Å². The van der Waals surface area contributed by atoms with Gasteiger partial charge in [-0.25, -0.2) is 4.98 Å². The van der Waals surface area contributed by atoms with Gasteiger partial charge in [0.2, 0.25) is 11.9 Å². The molecule has 0 fully saturated rings. The summed E-state index contributed by atoms with van der Waals surface area (Å²) in [5.74, 6) is 1.41. The number of carbonyl (C=O) groups is 1. The molecular formula is C25H28N6O. The second-order valence-electron chi connectivity index (χ2n) is 7.65. The average molecular weight is 429 g/mol. The smallest absolute Gasteiger partial charge is 0.229 e. The summed E-state index contributed by atoms with van der Waals surface area (Å²) >= 11 is 0. The minimum atomic E-state index is -0.0543. The molecule has 2 aromatic carbocycles. The number of amides is 1. The van der Waals surface area contributed by atoms with Crippen LogP contribution in [0.2, 0.25) is 0 Å². The predicted molar refractivity (Wildman–Crippen MR) is 131 cm³/mol. The van der Waals surface area contributed by atoms with Gasteiger partial charge in [-0.05, 0) is 56.7 Å². The molecule has 0 saturated carbocycles. The number of aromatic amines is 1. The van der Waals surface area contributed by atoms with Crippen molar-refractivity contribution < 1.29 is 4.79 Å². The van der Waals surface area contributed by atoms with Crippen molar-refractivity contribution in [2.45, 2.75) is 27.2 Å². The molecule has 32 heavy (non-hydrogen) atoms. The maximum absolute atomic E-state index is 12.5. The molecule has 2 heterocycles. The molecule has 0 radical (unpaired) electrons. The Balaban J connectivity index is 1.40. The van der Waals surface area contributed by atoms with Gasteiger partial charge < -0.3 is 20.5 Å². The minimum Gasteiger partial charge on any atom is -0.361 e. The van der Waals surface area contributed by atoms with Crippen molar-refractivity contribution in [3.8, 4) is 0 Å². The van der Waals surface area contributed by atoms with Crippen LogP contribution in [0, 0.1) is 6.92 Å². The number of carbonyl (C=O) groups excluding carboxylic acids is 1. The van der Waals surface area contributed by atoms with Crippen LogP contribution < -0.4 is 15.5 Å². The summed E-state index contributed by atoms with van der Waals surface area (Å²) in [6.07, 6.45) is 2.21. The zero-order chi connectivity index (χ0) is 22.5. The summed E-state index contributed by atoms with van der Waals surface area (Å²) in [6.45, 7) is 7.96. The van der Waals surface area contributed by atoms with E-state index in [1.165, 1.54) is 0 Å². The molecule has 1 amide bonds. The molecule has 0 aliphatic heterocycles. The summed E-state index contributed by atoms with van der Waals surface area (Å²) in [7, 11) is 0. The van der Waals surface area contributed by atoms with E-state index in [1.807, 2.05) is 67.7 Å². The molecule has 0 bridgehead atoms. The SMILES string of the molecule is CCN(CC)c1cc(C)nc(Nc2ccc(NC(=O)Cc3c[nH]c4ccccc34)cc2)n1. The van der Waals surface area contributed by atoms with Crippen LogP contribution in [0.25, 0.3) is 10.9 Å². The highest BCUT2D eigenvalue weighted by molar-refractivity contribution is 5.95. The van der Waals surface area contributed by atoms with Crippen LogP contribution in [0.1, 0.15) is 25.1 Å². The van der Waals surface area contributed by atoms with Gasteiger partial charge in [-0.2, -0.15) is 4.98 Å². The third-order valence-electron chi connectivity index (χ3n) is 5.38. The Morgan fingerprint density at radius 1 is 1.00 bits per heavy atom. The first kappa shape index (κ1) is 21.4. The summed E-state index contributed by atoms with van der Waals surface area (Å²) in [4.78, 5) is 27.1. The zero-order valence-electron chi connectivity index (χ0n) is 18.6. The third kappa shape index (κ3) is 4.88. The van der Waals surface area contributed by atoms with Crippen LogP contribution in [-0.4, -0.2) is 33.9 Å². The van der Waals surface area contributed by atoms with E-state index in [1.54, 1.807) is 0 Å². The summed E-state index contributed by atoms with van der Waals surface area (Å²) < 4.78 is 0. The van der Waals surface area contributed by atoms with Gasteiger partial charge in [0.1, 0.15) is 5.82 Å². The number of benzene rings is 2. The van der Waals surface area contributed by atoms with E-state index in [0.717, 1.165) is 52.4 Å². The first-order valence-electron chi connectivity index (χ1n) is 10.9. The van der Waals surface area contributed by atoms with E-state index in [0.29, 0.717) is 12.4 Å². The molecule has 7 heteroatoms. The molecule has 0 atom stereocenters. The lowest BCUT2D eigenvalue weighted by Gasteiger charge is -2.20. The number of nitrogens with zero attached hydrogens (tertiary/aromatic N) is 3. The van der Waals surface area contributed by atoms with Crippen molar-refractivity contribution >= 4 is 40.0 Å². The second-order valence-corrected chi connectivity index (χ2v) is 7.65. The number of H-pyrrole nitrogens is 1. The zero-order valence-corrected chi connectivity index (χ0v) is 18.6. The first-order valence-corrected chi connectivity index (χ1v) is 10.9. The van der Waals surface area contributed by atoms with E-state index in [-0.39, 0.29) is 5.91 Å². The molecule has 0 aliphatic carbocycles. The molecule has 7 nitrogen and oxygen atoms in total. The molecule has 3 N–H and O–H groups in total. The van der Waals surface area contributed by atoms with E-state index in [9.17, 15) is 4.79 Å². The predicted octanol–water partition coefficient (Wildman–Crippen LogP) is 5.04. The molecule has 0 aliphatic rings. The van der Waals surface area contributed by atoms with Gasteiger partial charge in [0.05, 0.1) is 6.42 Å². The van der Waals surface area contributed by atoms with Crippen molar-refractivity contribution in [3.63, 3.8) is 0 Å². The molecule has 4 aromatic rings. The lowest BCUT2D eigenvalue weighted by molar-refractivity contribution is -0.115. The fourth-order valence-electron chi connectivity index (χ4n) is 3.74. The number of nitrogens with one attached hydrogen (secondary N) is 3. The second kappa shape index (κ2) is 9.51. The molecular weight excluding hydrogens is 400 g/mol. The van der Waals surface area contributed by atoms with Crippen LogP contribution in [0.3, 0.4) is 0 Å². The Hall–Kier alpha value is -3.87. The van der Waals surface area contributed by atoms with Crippen LogP contribution >= 0.6 is 0 Å². The molecule has 0 spiro atoms. The van der Waals surface area contributed by atoms with Crippen LogP contribution in [0.15, 0.2) is 60.8 Å². The Morgan fingerprint density at radius 2 is 1.72 bits per heavy atom. The first-order chi connectivity index (χ1) is 15.6. The van der Waals surface area contributed by atoms with Gasteiger partial charge in [0, 0.05) is 53.3 Å². The van der Waals surface area contributed by atoms with Gasteiger partial charge in [0.15, 0.2) is 0 Å². The number of aryl methyl sites for hydroxylation is 1. The topological polar surface area (TPSA) is 85.9 Å². The van der Waals surface area contributed by atoms with Crippen LogP contribution in [0.4, 0.5) is 23.1 Å². The Kier molecular flexibility index (Phi) is 6.35. The lowest BCUT2D eigenvalue weighted by atomic mass is 10.1. The van der Waals surface area contributed by atoms with Gasteiger partial charge in [0.25, 0.3) is 0 Å². The van der Waals surface area contributed by atoms with E-state index >= 15 is 0 Å². The molecule has 2 aromatic heterocycles. The normalized spacial score (nSPS) is 10.8. The molecule has 0 unspecified atom stereocenters. The fraction of sp³-hybridized carbons (Fsp3) is 0.240. The number of hydrogen-bond acceptors (Lipinski definition) is 5. The largest absolute Gasteiger partial charge is 0.361 e. The Bertz CT molecular complexity index is 1210. The number of hydrogen-bond donors (Lipinski definition) is 3. The van der Waals surface area contributed by atoms with Crippen LogP contribution in [-0.2, 0) is 11.2 Å². The molecule has 164 valence electrons. The van der Waals surface area contributed by atoms with E-state index < -0.39 is 0 Å². The number of para-hydroxylation sites is 1. The van der Waals surface area contributed by atoms with Gasteiger partial charge in [-0.1, -0.05) is 18.2 Å². The fourth-order valence-corrected chi connectivity index (χ4v) is 3.74. The van der Waals surface area contributed by atoms with Gasteiger partial charge >= 0.3 is 0 Å². The van der Waals surface area contributed by atoms with Crippen molar-refractivity contribution in [2.75, 3.05) is 28.6 Å². The van der Waals surface area contributed by atoms with Crippen molar-refractivity contribution in [1.82, 2.24) is 15.0 Å². The number of aromatic nitrogens is 3. The lowest BCUT2D eigenvalue weighted by Crippen LogP contribution is -2.23. The molecule has 0 saturated heterocycles. The van der Waals surface area contributed by atoms with E-state index in [4.69, 9.17) is 0 Å². The number of fused-ring (bicyclic) bond motifs is 1. The van der Waals surface area contributed by atoms with Gasteiger partial charge in [-0.15, -0.1) is 0 Å². The van der Waals surface area contributed by atoms with Crippen LogP contribution in [0.5, 0.6) is 0 Å². The van der Waals surface area contributed by atoms with Crippen molar-refractivity contribution in [1.29, 1.82) is 0 Å². The maximum atomic E-state index is 12.5. The minimum absolute atomic E-state index is 0.0543. The quantitative estimate of drug-likeness (QED) is 0.366. The highest BCUT2D eigenvalue weighted by Gasteiger charge is 2.10. The monoisotopic (exact) mass is 428 g/mol. The number of anilines is 4. The summed E-state index contributed by atoms with van der Waals surface area (Å²) in [6, 6.07) is 17.5. The standard InChI is InChI=1S/C25H28N6O/c1-4-31(5-2)23-14-17(3)27-25(30-23)29-20-12-10-19(11-13-20)28-24(32)15-18-16-26-22-9-7-6-8-21(18)22/h6-14,16,26H,4-5,15H2,1-3H3,(H,28,32)(H,27,29,30). The number of rotatable bonds is 8. The van der Waals surface area contributed by atoms with E-state index in [2.05, 4.69) is 44.3 Å². The molecule has 4 rings (SSSR count). The Morgan fingerprint density at radius 3 is 2.47 bits per heavy atom. The van der Waals surface area contributed by atoms with Gasteiger partial charge in [-0.3, -0.25) is 4.79 Å². The highest BCUT2D eigenvalue weighted by Crippen LogP contribution is 2.21.